The van der Waals surface area contributed by atoms with Gasteiger partial charge in [0.1, 0.15) is 0 Å². The second-order valence-electron chi connectivity index (χ2n) is 11.4. The molecule has 0 aromatic heterocycles. The minimum Gasteiger partial charge on any atom is -0.502 e. The molecule has 2 heterocycles. The van der Waals surface area contributed by atoms with Crippen LogP contribution in [0.4, 0.5) is 0 Å². The second kappa shape index (κ2) is 14.8. The molecule has 3 aliphatic rings. The van der Waals surface area contributed by atoms with Crippen molar-refractivity contribution in [1.82, 2.24) is 16.0 Å². The zero-order valence-electron chi connectivity index (χ0n) is 25.5. The maximum Gasteiger partial charge on any atom is 0.310 e. The van der Waals surface area contributed by atoms with Gasteiger partial charge in [-0.2, -0.15) is 0 Å². The first-order valence-electron chi connectivity index (χ1n) is 15.4. The molecule has 12 heteroatoms. The Labute approximate surface area is 257 Å². The summed E-state index contributed by atoms with van der Waals surface area (Å²) in [6.07, 6.45) is 4.53. The van der Waals surface area contributed by atoms with Crippen molar-refractivity contribution in [1.29, 1.82) is 0 Å². The minimum absolute atomic E-state index is 0.0890. The molecule has 2 aromatic carbocycles. The van der Waals surface area contributed by atoms with Crippen LogP contribution in [0.2, 0.25) is 0 Å². The van der Waals surface area contributed by atoms with Gasteiger partial charge in [-0.05, 0) is 92.8 Å². The van der Waals surface area contributed by atoms with E-state index in [1.165, 1.54) is 14.2 Å². The molecule has 1 fully saturated rings. The average molecular weight is 613 g/mol. The van der Waals surface area contributed by atoms with Crippen molar-refractivity contribution in [3.63, 3.8) is 0 Å². The van der Waals surface area contributed by atoms with Gasteiger partial charge in [0.05, 0.1) is 32.8 Å². The number of benzene rings is 2. The van der Waals surface area contributed by atoms with Crippen molar-refractivity contribution >= 4 is 11.9 Å². The molecule has 0 saturated carbocycles. The number of methoxy groups -OCH3 is 2. The van der Waals surface area contributed by atoms with E-state index in [-0.39, 0.29) is 48.4 Å². The molecule has 1 saturated heterocycles. The van der Waals surface area contributed by atoms with Crippen LogP contribution in [-0.2, 0) is 14.3 Å². The number of nitrogens with two attached hydrogens (primary N) is 1. The van der Waals surface area contributed by atoms with E-state index in [0.29, 0.717) is 30.0 Å². The van der Waals surface area contributed by atoms with Crippen LogP contribution in [-0.4, -0.2) is 77.3 Å². The van der Waals surface area contributed by atoms with Crippen molar-refractivity contribution in [2.75, 3.05) is 60.3 Å². The molecule has 6 N–H and O–H groups in total. The summed E-state index contributed by atoms with van der Waals surface area (Å²) in [6.45, 7) is 4.34. The van der Waals surface area contributed by atoms with Gasteiger partial charge in [0, 0.05) is 24.8 Å². The van der Waals surface area contributed by atoms with E-state index in [1.807, 2.05) is 12.1 Å². The molecule has 2 aliphatic heterocycles. The largest absolute Gasteiger partial charge is 0.502 e. The van der Waals surface area contributed by atoms with E-state index in [0.717, 1.165) is 63.0 Å². The van der Waals surface area contributed by atoms with Gasteiger partial charge in [-0.1, -0.05) is 0 Å². The lowest BCUT2D eigenvalue weighted by Gasteiger charge is -2.39. The fourth-order valence-corrected chi connectivity index (χ4v) is 6.43. The highest BCUT2D eigenvalue weighted by molar-refractivity contribution is 5.81. The average Bonchev–Trinajstić information content (AvgIpc) is 3.65. The zero-order valence-corrected chi connectivity index (χ0v) is 25.5. The number of phenolic OH excluding ortho intramolecular Hbond substituents is 1. The summed E-state index contributed by atoms with van der Waals surface area (Å²) in [5.41, 5.74) is 7.88. The number of hydrogen-bond acceptors (Lipinski definition) is 11. The molecule has 1 amide bonds. The molecule has 0 spiro atoms. The van der Waals surface area contributed by atoms with Gasteiger partial charge in [-0.15, -0.1) is 0 Å². The maximum atomic E-state index is 13.3. The molecule has 4 atom stereocenters. The van der Waals surface area contributed by atoms with Crippen LogP contribution in [0.5, 0.6) is 28.7 Å². The van der Waals surface area contributed by atoms with Crippen molar-refractivity contribution in [3.05, 3.63) is 41.0 Å². The third kappa shape index (κ3) is 6.82. The Morgan fingerprint density at radius 3 is 2.16 bits per heavy atom. The second-order valence-corrected chi connectivity index (χ2v) is 11.4. The number of cyclic esters (lactones) is 1. The Morgan fingerprint density at radius 1 is 0.909 bits per heavy atom. The smallest absolute Gasteiger partial charge is 0.310 e. The van der Waals surface area contributed by atoms with Crippen LogP contribution in [0, 0.1) is 11.8 Å². The van der Waals surface area contributed by atoms with E-state index < -0.39 is 17.9 Å². The summed E-state index contributed by atoms with van der Waals surface area (Å²) in [4.78, 5) is 26.5. The highest BCUT2D eigenvalue weighted by Gasteiger charge is 2.53. The quantitative estimate of drug-likeness (QED) is 0.140. The van der Waals surface area contributed by atoms with Gasteiger partial charge in [-0.3, -0.25) is 9.59 Å². The summed E-state index contributed by atoms with van der Waals surface area (Å²) >= 11 is 0. The minimum atomic E-state index is -0.589. The number of fused-ring (bicyclic) bond motifs is 3. The molecule has 0 bridgehead atoms. The Hall–Kier alpha value is -3.74. The molecule has 2 aromatic rings. The number of amides is 1. The van der Waals surface area contributed by atoms with E-state index in [4.69, 9.17) is 29.4 Å². The first-order chi connectivity index (χ1) is 21.5. The van der Waals surface area contributed by atoms with Crippen LogP contribution >= 0.6 is 0 Å². The van der Waals surface area contributed by atoms with Gasteiger partial charge in [0.15, 0.2) is 23.0 Å². The number of carbonyl (C=O) groups is 2. The molecule has 5 rings (SSSR count). The summed E-state index contributed by atoms with van der Waals surface area (Å²) in [7, 11) is 2.92. The molecule has 4 unspecified atom stereocenters. The molecule has 12 nitrogen and oxygen atoms in total. The lowest BCUT2D eigenvalue weighted by Crippen LogP contribution is -2.43. The van der Waals surface area contributed by atoms with Crippen LogP contribution < -0.4 is 40.6 Å². The number of aromatic hydroxyl groups is 1. The van der Waals surface area contributed by atoms with Gasteiger partial charge in [0.2, 0.25) is 18.4 Å². The Morgan fingerprint density at radius 2 is 1.52 bits per heavy atom. The van der Waals surface area contributed by atoms with E-state index in [9.17, 15) is 14.7 Å². The predicted octanol–water partition coefficient (Wildman–Crippen LogP) is 2.32. The van der Waals surface area contributed by atoms with E-state index in [1.54, 1.807) is 12.1 Å². The van der Waals surface area contributed by atoms with E-state index in [2.05, 4.69) is 16.0 Å². The van der Waals surface area contributed by atoms with Gasteiger partial charge in [-0.25, -0.2) is 0 Å². The number of esters is 1. The van der Waals surface area contributed by atoms with Crippen LogP contribution in [0.15, 0.2) is 24.3 Å². The van der Waals surface area contributed by atoms with Crippen LogP contribution in [0.25, 0.3) is 0 Å². The summed E-state index contributed by atoms with van der Waals surface area (Å²) in [5, 5.41) is 20.5. The molecular formula is C32H44N4O8. The maximum absolute atomic E-state index is 13.3. The van der Waals surface area contributed by atoms with Crippen molar-refractivity contribution in [3.8, 4) is 28.7 Å². The number of rotatable bonds is 16. The Kier molecular flexibility index (Phi) is 10.7. The van der Waals surface area contributed by atoms with Gasteiger partial charge < -0.3 is 50.5 Å². The lowest BCUT2D eigenvalue weighted by atomic mass is 9.65. The SMILES string of the molecule is COc1cc(C2c3cc4c(cc3C(NC(=O)CCNCCCCNCCCCN)C3COC(=O)C23)OCO4)cc(OC)c1O. The first kappa shape index (κ1) is 31.7. The number of hydrogen-bond donors (Lipinski definition) is 5. The first-order valence-corrected chi connectivity index (χ1v) is 15.4. The number of nitrogens with one attached hydrogen (secondary N) is 3. The third-order valence-corrected chi connectivity index (χ3v) is 8.66. The normalized spacial score (nSPS) is 21.4. The molecular weight excluding hydrogens is 568 g/mol. The summed E-state index contributed by atoms with van der Waals surface area (Å²) < 4.78 is 27.9. The molecule has 44 heavy (non-hydrogen) atoms. The predicted molar refractivity (Wildman–Crippen MR) is 162 cm³/mol. The van der Waals surface area contributed by atoms with E-state index >= 15 is 0 Å². The number of unbranched alkanes of at least 4 members (excludes halogenated alkanes) is 2. The number of carbonyl (C=O) groups excluding carboxylic acids is 2. The van der Waals surface area contributed by atoms with Crippen molar-refractivity contribution in [2.24, 2.45) is 17.6 Å². The number of ether oxygens (including phenoxy) is 5. The Balaban J connectivity index is 1.30. The van der Waals surface area contributed by atoms with Gasteiger partial charge >= 0.3 is 5.97 Å². The standard InChI is InChI=1S/C32H44N4O8/c1-40-25-13-19(14-26(41-2)31(25)38)28-20-15-23-24(44-18-43-23)16-21(20)30(22-17-42-32(39)29(22)28)36-27(37)7-12-35-11-6-5-10-34-9-4-3-8-33/h13-16,22,28-30,34-35,38H,3-12,17-18,33H2,1-2H3,(H,36,37). The molecule has 1 aliphatic carbocycles. The summed E-state index contributed by atoms with van der Waals surface area (Å²) in [5.74, 6) is -0.348. The Bertz CT molecular complexity index is 1300. The monoisotopic (exact) mass is 612 g/mol. The molecule has 240 valence electrons. The fraction of sp³-hybridized carbons (Fsp3) is 0.562. The van der Waals surface area contributed by atoms with Crippen molar-refractivity contribution < 1.29 is 38.4 Å². The van der Waals surface area contributed by atoms with Crippen LogP contribution in [0.1, 0.15) is 60.8 Å². The van der Waals surface area contributed by atoms with Crippen LogP contribution in [0.3, 0.4) is 0 Å². The summed E-state index contributed by atoms with van der Waals surface area (Å²) in [6, 6.07) is 6.73. The van der Waals surface area contributed by atoms with Gasteiger partial charge in [0.25, 0.3) is 0 Å². The van der Waals surface area contributed by atoms with Crippen molar-refractivity contribution in [2.45, 2.75) is 44.1 Å². The zero-order chi connectivity index (χ0) is 31.1. The highest BCUT2D eigenvalue weighted by atomic mass is 16.7. The third-order valence-electron chi connectivity index (χ3n) is 8.66. The highest BCUT2D eigenvalue weighted by Crippen LogP contribution is 2.55. The lowest BCUT2D eigenvalue weighted by molar-refractivity contribution is -0.141. The number of phenols is 1. The topological polar surface area (TPSA) is 163 Å². The fourth-order valence-electron chi connectivity index (χ4n) is 6.43. The molecule has 0 radical (unpaired) electrons.